The van der Waals surface area contributed by atoms with Gasteiger partial charge in [-0.2, -0.15) is 0 Å². The Morgan fingerprint density at radius 2 is 2.33 bits per heavy atom. The summed E-state index contributed by atoms with van der Waals surface area (Å²) in [7, 11) is 1.61. The van der Waals surface area contributed by atoms with Gasteiger partial charge in [-0.1, -0.05) is 0 Å². The SMILES string of the molecule is CCn1cc(CCNC(=O)NC)c2cccnc21. The Balaban J connectivity index is 2.15. The number of hydrogen-bond acceptors (Lipinski definition) is 2. The van der Waals surface area contributed by atoms with Crippen LogP contribution in [0.1, 0.15) is 12.5 Å². The smallest absolute Gasteiger partial charge is 0.314 e. The first-order chi connectivity index (χ1) is 8.76. The van der Waals surface area contributed by atoms with E-state index < -0.39 is 0 Å². The summed E-state index contributed by atoms with van der Waals surface area (Å²) in [5.41, 5.74) is 2.23. The van der Waals surface area contributed by atoms with Gasteiger partial charge in [0.2, 0.25) is 0 Å². The predicted molar refractivity (Wildman–Crippen MR) is 71.6 cm³/mol. The second-order valence-electron chi connectivity index (χ2n) is 4.07. The fraction of sp³-hybridized carbons (Fsp3) is 0.385. The van der Waals surface area contributed by atoms with Crippen LogP contribution < -0.4 is 10.6 Å². The lowest BCUT2D eigenvalue weighted by molar-refractivity contribution is 0.243. The van der Waals surface area contributed by atoms with Crippen molar-refractivity contribution in [3.63, 3.8) is 0 Å². The van der Waals surface area contributed by atoms with E-state index >= 15 is 0 Å². The van der Waals surface area contributed by atoms with E-state index in [2.05, 4.69) is 39.4 Å². The molecule has 0 aliphatic rings. The number of carbonyl (C=O) groups is 1. The zero-order chi connectivity index (χ0) is 13.0. The molecule has 2 aromatic rings. The third kappa shape index (κ3) is 2.45. The zero-order valence-electron chi connectivity index (χ0n) is 10.7. The molecule has 0 bridgehead atoms. The van der Waals surface area contributed by atoms with Gasteiger partial charge in [-0.3, -0.25) is 0 Å². The van der Waals surface area contributed by atoms with Crippen molar-refractivity contribution in [2.75, 3.05) is 13.6 Å². The predicted octanol–water partition coefficient (Wildman–Crippen LogP) is 1.53. The van der Waals surface area contributed by atoms with Crippen molar-refractivity contribution >= 4 is 17.1 Å². The molecule has 0 atom stereocenters. The number of rotatable bonds is 4. The summed E-state index contributed by atoms with van der Waals surface area (Å²) in [6, 6.07) is 3.87. The highest BCUT2D eigenvalue weighted by molar-refractivity contribution is 5.80. The average molecular weight is 246 g/mol. The summed E-state index contributed by atoms with van der Waals surface area (Å²) in [5, 5.41) is 6.50. The summed E-state index contributed by atoms with van der Waals surface area (Å²) < 4.78 is 2.13. The number of nitrogens with one attached hydrogen (secondary N) is 2. The molecule has 0 spiro atoms. The highest BCUT2D eigenvalue weighted by Crippen LogP contribution is 2.19. The van der Waals surface area contributed by atoms with Crippen molar-refractivity contribution in [3.05, 3.63) is 30.1 Å². The highest BCUT2D eigenvalue weighted by atomic mass is 16.2. The fourth-order valence-electron chi connectivity index (χ4n) is 2.03. The standard InChI is InChI=1S/C13H18N4O/c1-3-17-9-10(6-8-16-13(18)14-2)11-5-4-7-15-12(11)17/h4-5,7,9H,3,6,8H2,1-2H3,(H2,14,16,18). The Hall–Kier alpha value is -2.04. The summed E-state index contributed by atoms with van der Waals surface area (Å²) in [4.78, 5) is 15.5. The molecule has 96 valence electrons. The normalized spacial score (nSPS) is 10.6. The van der Waals surface area contributed by atoms with Gasteiger partial charge < -0.3 is 15.2 Å². The Bertz CT molecular complexity index is 547. The first-order valence-corrected chi connectivity index (χ1v) is 6.14. The number of nitrogens with zero attached hydrogens (tertiary/aromatic N) is 2. The monoisotopic (exact) mass is 246 g/mol. The molecule has 0 saturated carbocycles. The topological polar surface area (TPSA) is 59.0 Å². The Morgan fingerprint density at radius 1 is 1.50 bits per heavy atom. The molecule has 0 aliphatic heterocycles. The number of urea groups is 1. The second-order valence-corrected chi connectivity index (χ2v) is 4.07. The summed E-state index contributed by atoms with van der Waals surface area (Å²) in [6.45, 7) is 3.62. The van der Waals surface area contributed by atoms with Crippen LogP contribution in [0, 0.1) is 0 Å². The molecule has 2 heterocycles. The van der Waals surface area contributed by atoms with Gasteiger partial charge >= 0.3 is 6.03 Å². The van der Waals surface area contributed by atoms with Gasteiger partial charge in [-0.25, -0.2) is 9.78 Å². The Labute approximate surface area is 106 Å². The Kier molecular flexibility index (Phi) is 3.82. The lowest BCUT2D eigenvalue weighted by Crippen LogP contribution is -2.33. The summed E-state index contributed by atoms with van der Waals surface area (Å²) in [6.07, 6.45) is 4.73. The number of hydrogen-bond donors (Lipinski definition) is 2. The maximum absolute atomic E-state index is 11.1. The molecule has 2 N–H and O–H groups in total. The molecule has 0 radical (unpaired) electrons. The fourth-order valence-corrected chi connectivity index (χ4v) is 2.03. The molecular formula is C13H18N4O. The minimum Gasteiger partial charge on any atom is -0.341 e. The molecule has 2 rings (SSSR count). The number of pyridine rings is 1. The van der Waals surface area contributed by atoms with Crippen molar-refractivity contribution in [3.8, 4) is 0 Å². The van der Waals surface area contributed by atoms with Crippen LogP contribution in [0.4, 0.5) is 4.79 Å². The van der Waals surface area contributed by atoms with E-state index in [1.54, 1.807) is 13.2 Å². The third-order valence-electron chi connectivity index (χ3n) is 2.96. The minimum absolute atomic E-state index is 0.146. The van der Waals surface area contributed by atoms with Gasteiger partial charge in [0.05, 0.1) is 0 Å². The molecule has 5 heteroatoms. The molecule has 0 saturated heterocycles. The first-order valence-electron chi connectivity index (χ1n) is 6.14. The maximum atomic E-state index is 11.1. The number of carbonyl (C=O) groups excluding carboxylic acids is 1. The van der Waals surface area contributed by atoms with E-state index in [1.165, 1.54) is 5.56 Å². The van der Waals surface area contributed by atoms with E-state index in [1.807, 2.05) is 6.07 Å². The van der Waals surface area contributed by atoms with Gasteiger partial charge in [0.25, 0.3) is 0 Å². The van der Waals surface area contributed by atoms with Gasteiger partial charge in [-0.05, 0) is 31.0 Å². The van der Waals surface area contributed by atoms with Crippen molar-refractivity contribution in [1.82, 2.24) is 20.2 Å². The second kappa shape index (κ2) is 5.53. The molecule has 0 fully saturated rings. The van der Waals surface area contributed by atoms with Gasteiger partial charge in [0.1, 0.15) is 5.65 Å². The lowest BCUT2D eigenvalue weighted by Gasteiger charge is -2.02. The molecule has 18 heavy (non-hydrogen) atoms. The average Bonchev–Trinajstić information content (AvgIpc) is 2.77. The highest BCUT2D eigenvalue weighted by Gasteiger charge is 2.08. The van der Waals surface area contributed by atoms with E-state index in [4.69, 9.17) is 0 Å². The van der Waals surface area contributed by atoms with Crippen molar-refractivity contribution < 1.29 is 4.79 Å². The van der Waals surface area contributed by atoms with Crippen LogP contribution in [-0.4, -0.2) is 29.2 Å². The van der Waals surface area contributed by atoms with Crippen LogP contribution in [0.3, 0.4) is 0 Å². The summed E-state index contributed by atoms with van der Waals surface area (Å²) in [5.74, 6) is 0. The number of aryl methyl sites for hydroxylation is 1. The lowest BCUT2D eigenvalue weighted by atomic mass is 10.1. The van der Waals surface area contributed by atoms with Crippen molar-refractivity contribution in [1.29, 1.82) is 0 Å². The molecular weight excluding hydrogens is 228 g/mol. The van der Waals surface area contributed by atoms with E-state index in [9.17, 15) is 4.79 Å². The minimum atomic E-state index is -0.146. The van der Waals surface area contributed by atoms with Crippen LogP contribution in [0.2, 0.25) is 0 Å². The van der Waals surface area contributed by atoms with Crippen molar-refractivity contribution in [2.45, 2.75) is 19.9 Å². The van der Waals surface area contributed by atoms with Crippen LogP contribution in [-0.2, 0) is 13.0 Å². The van der Waals surface area contributed by atoms with Crippen LogP contribution in [0.25, 0.3) is 11.0 Å². The van der Waals surface area contributed by atoms with Crippen LogP contribution in [0.15, 0.2) is 24.5 Å². The van der Waals surface area contributed by atoms with E-state index in [0.717, 1.165) is 24.0 Å². The van der Waals surface area contributed by atoms with E-state index in [0.29, 0.717) is 6.54 Å². The molecule has 2 amide bonds. The van der Waals surface area contributed by atoms with Crippen molar-refractivity contribution in [2.24, 2.45) is 0 Å². The Morgan fingerprint density at radius 3 is 3.06 bits per heavy atom. The molecule has 0 aliphatic carbocycles. The van der Waals surface area contributed by atoms with Crippen LogP contribution >= 0.6 is 0 Å². The maximum Gasteiger partial charge on any atom is 0.314 e. The molecule has 2 aromatic heterocycles. The molecule has 5 nitrogen and oxygen atoms in total. The first kappa shape index (κ1) is 12.4. The van der Waals surface area contributed by atoms with Gasteiger partial charge in [0.15, 0.2) is 0 Å². The van der Waals surface area contributed by atoms with Crippen LogP contribution in [0.5, 0.6) is 0 Å². The zero-order valence-corrected chi connectivity index (χ0v) is 10.7. The largest absolute Gasteiger partial charge is 0.341 e. The molecule has 0 aromatic carbocycles. The van der Waals surface area contributed by atoms with E-state index in [-0.39, 0.29) is 6.03 Å². The van der Waals surface area contributed by atoms with Gasteiger partial charge in [-0.15, -0.1) is 0 Å². The number of amides is 2. The quantitative estimate of drug-likeness (QED) is 0.859. The summed E-state index contributed by atoms with van der Waals surface area (Å²) >= 11 is 0. The number of fused-ring (bicyclic) bond motifs is 1. The third-order valence-corrected chi connectivity index (χ3v) is 2.96. The number of aromatic nitrogens is 2. The van der Waals surface area contributed by atoms with Gasteiger partial charge in [0, 0.05) is 37.9 Å². The molecule has 0 unspecified atom stereocenters.